The van der Waals surface area contributed by atoms with Gasteiger partial charge in [-0.15, -0.1) is 0 Å². The van der Waals surface area contributed by atoms with Gasteiger partial charge in [-0.05, 0) is 39.5 Å². The van der Waals surface area contributed by atoms with Crippen LogP contribution in [0.25, 0.3) is 0 Å². The fourth-order valence-corrected chi connectivity index (χ4v) is 3.70. The first-order valence-corrected chi connectivity index (χ1v) is 7.06. The molecule has 94 valence electrons. The number of hydroxylamine groups is 2. The molecule has 0 radical (unpaired) electrons. The highest BCUT2D eigenvalue weighted by atomic mass is 16.5. The Hall–Kier alpha value is -0.0800. The van der Waals surface area contributed by atoms with Gasteiger partial charge < -0.3 is 5.21 Å². The van der Waals surface area contributed by atoms with E-state index < -0.39 is 0 Å². The van der Waals surface area contributed by atoms with Gasteiger partial charge in [-0.1, -0.05) is 38.5 Å². The highest BCUT2D eigenvalue weighted by Crippen LogP contribution is 2.41. The van der Waals surface area contributed by atoms with Gasteiger partial charge in [0.15, 0.2) is 0 Å². The Labute approximate surface area is 100.0 Å². The highest BCUT2D eigenvalue weighted by Gasteiger charge is 2.43. The second kappa shape index (κ2) is 4.66. The molecule has 0 unspecified atom stereocenters. The van der Waals surface area contributed by atoms with Crippen molar-refractivity contribution < 1.29 is 5.21 Å². The lowest BCUT2D eigenvalue weighted by molar-refractivity contribution is -0.248. The minimum atomic E-state index is 0.0460. The smallest absolute Gasteiger partial charge is 0.0438 e. The molecule has 2 aliphatic rings. The molecule has 0 bridgehead atoms. The predicted octanol–water partition coefficient (Wildman–Crippen LogP) is 4.12. The molecule has 16 heavy (non-hydrogen) atoms. The molecular formula is C14H27NO. The molecule has 2 aliphatic carbocycles. The zero-order valence-electron chi connectivity index (χ0n) is 11.0. The fourth-order valence-electron chi connectivity index (χ4n) is 3.70. The van der Waals surface area contributed by atoms with E-state index in [9.17, 15) is 5.21 Å². The van der Waals surface area contributed by atoms with Gasteiger partial charge in [0.2, 0.25) is 0 Å². The lowest BCUT2D eigenvalue weighted by Gasteiger charge is -2.50. The van der Waals surface area contributed by atoms with Gasteiger partial charge >= 0.3 is 0 Å². The minimum Gasteiger partial charge on any atom is -0.313 e. The second-order valence-corrected chi connectivity index (χ2v) is 6.43. The van der Waals surface area contributed by atoms with Gasteiger partial charge in [-0.2, -0.15) is 5.06 Å². The molecule has 0 aromatic rings. The van der Waals surface area contributed by atoms with E-state index in [1.807, 2.05) is 0 Å². The largest absolute Gasteiger partial charge is 0.313 e. The summed E-state index contributed by atoms with van der Waals surface area (Å²) in [6.07, 6.45) is 12.5. The summed E-state index contributed by atoms with van der Waals surface area (Å²) in [5, 5.41) is 12.4. The molecule has 0 amide bonds. The summed E-state index contributed by atoms with van der Waals surface area (Å²) in [4.78, 5) is 0. The molecule has 0 spiro atoms. The van der Waals surface area contributed by atoms with Crippen molar-refractivity contribution in [3.63, 3.8) is 0 Å². The maximum absolute atomic E-state index is 10.7. The summed E-state index contributed by atoms with van der Waals surface area (Å²) in [5.74, 6) is 0. The number of rotatable bonds is 2. The van der Waals surface area contributed by atoms with E-state index in [0.717, 1.165) is 0 Å². The van der Waals surface area contributed by atoms with Crippen molar-refractivity contribution >= 4 is 0 Å². The van der Waals surface area contributed by atoms with Gasteiger partial charge in [-0.3, -0.25) is 0 Å². The Morgan fingerprint density at radius 3 is 1.31 bits per heavy atom. The number of nitrogens with zero attached hydrogens (tertiary/aromatic N) is 1. The lowest BCUT2D eigenvalue weighted by Crippen LogP contribution is -2.57. The first-order valence-electron chi connectivity index (χ1n) is 7.06. The van der Waals surface area contributed by atoms with Crippen LogP contribution >= 0.6 is 0 Å². The topological polar surface area (TPSA) is 23.5 Å². The quantitative estimate of drug-likeness (QED) is 0.714. The van der Waals surface area contributed by atoms with Gasteiger partial charge in [0.1, 0.15) is 0 Å². The monoisotopic (exact) mass is 225 g/mol. The van der Waals surface area contributed by atoms with Crippen LogP contribution in [0.1, 0.15) is 78.1 Å². The van der Waals surface area contributed by atoms with Gasteiger partial charge in [0, 0.05) is 11.1 Å². The highest BCUT2D eigenvalue weighted by molar-refractivity contribution is 4.95. The molecule has 0 saturated heterocycles. The van der Waals surface area contributed by atoms with E-state index in [1.165, 1.54) is 64.2 Å². The Bertz CT molecular complexity index is 203. The fraction of sp³-hybridized carbons (Fsp3) is 1.00. The Morgan fingerprint density at radius 2 is 1.00 bits per heavy atom. The molecule has 2 saturated carbocycles. The molecule has 0 aromatic carbocycles. The molecular weight excluding hydrogens is 198 g/mol. The van der Waals surface area contributed by atoms with Crippen molar-refractivity contribution in [2.75, 3.05) is 0 Å². The number of hydrogen-bond donors (Lipinski definition) is 1. The predicted molar refractivity (Wildman–Crippen MR) is 66.6 cm³/mol. The van der Waals surface area contributed by atoms with E-state index in [-0.39, 0.29) is 11.1 Å². The molecule has 0 aliphatic heterocycles. The molecule has 2 heteroatoms. The maximum Gasteiger partial charge on any atom is 0.0438 e. The van der Waals surface area contributed by atoms with Gasteiger partial charge in [0.05, 0.1) is 0 Å². The zero-order chi connectivity index (χ0) is 11.6. The average molecular weight is 225 g/mol. The standard InChI is InChI=1S/C14H27NO/c1-13(9-5-3-6-10-13)15(16)14(2)11-7-4-8-12-14/h16H,3-12H2,1-2H3. The summed E-state index contributed by atoms with van der Waals surface area (Å²) < 4.78 is 0. The summed E-state index contributed by atoms with van der Waals surface area (Å²) >= 11 is 0. The van der Waals surface area contributed by atoms with Crippen molar-refractivity contribution in [2.45, 2.75) is 89.1 Å². The molecule has 1 N–H and O–H groups in total. The Balaban J connectivity index is 2.06. The summed E-state index contributed by atoms with van der Waals surface area (Å²) in [6, 6.07) is 0. The van der Waals surface area contributed by atoms with Crippen LogP contribution in [0.5, 0.6) is 0 Å². The molecule has 0 heterocycles. The third-order valence-corrected chi connectivity index (χ3v) is 4.88. The Kier molecular flexibility index (Phi) is 3.60. The van der Waals surface area contributed by atoms with Crippen LogP contribution in [0.3, 0.4) is 0 Å². The third kappa shape index (κ3) is 2.28. The van der Waals surface area contributed by atoms with E-state index in [0.29, 0.717) is 0 Å². The summed E-state index contributed by atoms with van der Waals surface area (Å²) in [6.45, 7) is 4.51. The Morgan fingerprint density at radius 1 is 0.688 bits per heavy atom. The lowest BCUT2D eigenvalue weighted by atomic mass is 9.76. The van der Waals surface area contributed by atoms with Crippen LogP contribution in [-0.2, 0) is 0 Å². The van der Waals surface area contributed by atoms with Crippen molar-refractivity contribution in [1.29, 1.82) is 0 Å². The van der Waals surface area contributed by atoms with Crippen LogP contribution in [0.4, 0.5) is 0 Å². The molecule has 2 fully saturated rings. The molecule has 2 rings (SSSR count). The van der Waals surface area contributed by atoms with Gasteiger partial charge in [0.25, 0.3) is 0 Å². The molecule has 2 nitrogen and oxygen atoms in total. The zero-order valence-corrected chi connectivity index (χ0v) is 11.0. The van der Waals surface area contributed by atoms with E-state index in [1.54, 1.807) is 5.06 Å². The van der Waals surface area contributed by atoms with Crippen LogP contribution < -0.4 is 0 Å². The number of hydrogen-bond acceptors (Lipinski definition) is 2. The van der Waals surface area contributed by atoms with Crippen molar-refractivity contribution in [1.82, 2.24) is 5.06 Å². The summed E-state index contributed by atoms with van der Waals surface area (Å²) in [7, 11) is 0. The molecule has 0 atom stereocenters. The first kappa shape index (κ1) is 12.4. The van der Waals surface area contributed by atoms with E-state index >= 15 is 0 Å². The van der Waals surface area contributed by atoms with Crippen LogP contribution in [0, 0.1) is 0 Å². The summed E-state index contributed by atoms with van der Waals surface area (Å²) in [5.41, 5.74) is 0.0919. The maximum atomic E-state index is 10.7. The van der Waals surface area contributed by atoms with Crippen molar-refractivity contribution in [3.05, 3.63) is 0 Å². The molecule has 0 aromatic heterocycles. The average Bonchev–Trinajstić information content (AvgIpc) is 2.30. The van der Waals surface area contributed by atoms with E-state index in [2.05, 4.69) is 13.8 Å². The van der Waals surface area contributed by atoms with Crippen molar-refractivity contribution in [2.24, 2.45) is 0 Å². The van der Waals surface area contributed by atoms with Crippen LogP contribution in [0.2, 0.25) is 0 Å². The van der Waals surface area contributed by atoms with E-state index in [4.69, 9.17) is 0 Å². The van der Waals surface area contributed by atoms with Crippen LogP contribution in [-0.4, -0.2) is 21.3 Å². The first-order chi connectivity index (χ1) is 7.57. The third-order valence-electron chi connectivity index (χ3n) is 4.88. The van der Waals surface area contributed by atoms with Crippen LogP contribution in [0.15, 0.2) is 0 Å². The minimum absolute atomic E-state index is 0.0460. The van der Waals surface area contributed by atoms with Crippen molar-refractivity contribution in [3.8, 4) is 0 Å². The van der Waals surface area contributed by atoms with Gasteiger partial charge in [-0.25, -0.2) is 0 Å². The normalized spacial score (nSPS) is 29.2. The second-order valence-electron chi connectivity index (χ2n) is 6.43. The SMILES string of the molecule is CC1(N(O)C2(C)CCCCC2)CCCCC1.